The van der Waals surface area contributed by atoms with Crippen LogP contribution in [0.2, 0.25) is 0 Å². The molecule has 0 spiro atoms. The molecule has 1 heterocycles. The first-order valence-corrected chi connectivity index (χ1v) is 11.3. The Morgan fingerprint density at radius 3 is 2.50 bits per heavy atom. The van der Waals surface area contributed by atoms with Crippen molar-refractivity contribution in [3.05, 3.63) is 25.5 Å². The summed E-state index contributed by atoms with van der Waals surface area (Å²) in [6, 6.07) is 0. The summed E-state index contributed by atoms with van der Waals surface area (Å²) >= 11 is 6.45. The van der Waals surface area contributed by atoms with E-state index in [1.807, 2.05) is 0 Å². The minimum absolute atomic E-state index is 0.192. The highest BCUT2D eigenvalue weighted by atomic mass is 79.9. The Balaban J connectivity index is 2.56. The van der Waals surface area contributed by atoms with Crippen LogP contribution in [0.3, 0.4) is 0 Å². The van der Waals surface area contributed by atoms with Gasteiger partial charge in [0.25, 0.3) is 5.56 Å². The monoisotopic (exact) mass is 402 g/mol. The van der Waals surface area contributed by atoms with E-state index >= 15 is 0 Å². The molecule has 1 rings (SSSR count). The van der Waals surface area contributed by atoms with E-state index in [9.17, 15) is 4.79 Å². The molecular formula is C11H20Br2N2O2S. The number of aromatic nitrogens is 2. The van der Waals surface area contributed by atoms with E-state index in [2.05, 4.69) is 62.0 Å². The molecule has 7 heteroatoms. The maximum Gasteiger partial charge on any atom is 0.284 e. The molecule has 4 nitrogen and oxygen atoms in total. The van der Waals surface area contributed by atoms with Crippen LogP contribution < -0.4 is 5.56 Å². The molecule has 0 radical (unpaired) electrons. The highest BCUT2D eigenvalue weighted by molar-refractivity contribution is 9.13. The summed E-state index contributed by atoms with van der Waals surface area (Å²) in [4.78, 5) is 11.8. The third-order valence-electron chi connectivity index (χ3n) is 2.29. The second kappa shape index (κ2) is 5.64. The Labute approximate surface area is 125 Å². The number of thiol groups is 1. The summed E-state index contributed by atoms with van der Waals surface area (Å²) in [5.41, 5.74) is -0.192. The Kier molecular flexibility index (Phi) is 5.08. The lowest BCUT2D eigenvalue weighted by molar-refractivity contribution is 0.0768. The first-order chi connectivity index (χ1) is 8.06. The average molecular weight is 404 g/mol. The van der Waals surface area contributed by atoms with E-state index in [-0.39, 0.29) is 12.3 Å². The molecule has 1 aromatic rings. The van der Waals surface area contributed by atoms with Crippen LogP contribution in [0.1, 0.15) is 0 Å². The number of halogens is 2. The van der Waals surface area contributed by atoms with Gasteiger partial charge in [-0.2, -0.15) is 5.10 Å². The van der Waals surface area contributed by atoms with Crippen LogP contribution >= 0.6 is 41.0 Å². The van der Waals surface area contributed by atoms with Crippen molar-refractivity contribution in [2.45, 2.75) is 6.73 Å². The fourth-order valence-corrected chi connectivity index (χ4v) is 2.55. The van der Waals surface area contributed by atoms with Gasteiger partial charge in [-0.05, 0) is 62.6 Å². The van der Waals surface area contributed by atoms with Crippen LogP contribution in [0.4, 0.5) is 0 Å². The van der Waals surface area contributed by atoms with Crippen molar-refractivity contribution in [1.82, 2.24) is 9.78 Å². The van der Waals surface area contributed by atoms with Gasteiger partial charge in [-0.15, -0.1) is 0 Å². The van der Waals surface area contributed by atoms with Gasteiger partial charge in [0.15, 0.2) is 0 Å². The number of hydrogen-bond acceptors (Lipinski definition) is 3. The van der Waals surface area contributed by atoms with Crippen LogP contribution in [0, 0.1) is 0 Å². The molecule has 0 amide bonds. The second-order valence-electron chi connectivity index (χ2n) is 6.32. The van der Waals surface area contributed by atoms with Gasteiger partial charge in [0.1, 0.15) is 11.2 Å². The molecule has 0 aliphatic rings. The molecule has 0 unspecified atom stereocenters. The predicted molar refractivity (Wildman–Crippen MR) is 87.4 cm³/mol. The normalized spacial score (nSPS) is 14.2. The number of nitrogens with zero attached hydrogens (tertiary/aromatic N) is 2. The molecule has 0 saturated heterocycles. The zero-order valence-electron chi connectivity index (χ0n) is 11.1. The molecule has 0 bridgehead atoms. The minimum Gasteiger partial charge on any atom is -0.358 e. The van der Waals surface area contributed by atoms with Gasteiger partial charge in [-0.3, -0.25) is 14.0 Å². The molecule has 18 heavy (non-hydrogen) atoms. The SMILES string of the molecule is C[SH](C)(C)(C)CCOCn1ncc(Br)c(Br)c1=O. The van der Waals surface area contributed by atoms with E-state index in [4.69, 9.17) is 4.74 Å². The van der Waals surface area contributed by atoms with Gasteiger partial charge in [0.05, 0.1) is 17.3 Å². The molecule has 1 aromatic heterocycles. The summed E-state index contributed by atoms with van der Waals surface area (Å²) in [7, 11) is -1.54. The van der Waals surface area contributed by atoms with Gasteiger partial charge < -0.3 is 4.74 Å². The minimum atomic E-state index is -1.54. The maximum absolute atomic E-state index is 11.8. The fraction of sp³-hybridized carbons (Fsp3) is 0.636. The van der Waals surface area contributed by atoms with Crippen molar-refractivity contribution in [3.63, 3.8) is 0 Å². The quantitative estimate of drug-likeness (QED) is 0.606. The van der Waals surface area contributed by atoms with Gasteiger partial charge in [0, 0.05) is 0 Å². The maximum atomic E-state index is 11.8. The molecule has 0 aliphatic carbocycles. The Bertz CT molecular complexity index is 485. The molecule has 0 saturated carbocycles. The predicted octanol–water partition coefficient (Wildman–Crippen LogP) is 2.33. The van der Waals surface area contributed by atoms with Gasteiger partial charge >= 0.3 is 0 Å². The summed E-state index contributed by atoms with van der Waals surface area (Å²) in [5.74, 6) is 1.04. The Morgan fingerprint density at radius 1 is 1.33 bits per heavy atom. The van der Waals surface area contributed by atoms with Crippen molar-refractivity contribution in [2.75, 3.05) is 37.4 Å². The lowest BCUT2D eigenvalue weighted by atomic mass is 10.6. The molecule has 0 N–H and O–H groups in total. The van der Waals surface area contributed by atoms with E-state index in [1.54, 1.807) is 6.20 Å². The van der Waals surface area contributed by atoms with E-state index in [1.165, 1.54) is 4.68 Å². The van der Waals surface area contributed by atoms with Crippen molar-refractivity contribution in [3.8, 4) is 0 Å². The van der Waals surface area contributed by atoms with Gasteiger partial charge in [-0.1, -0.05) is 0 Å². The van der Waals surface area contributed by atoms with E-state index in [0.717, 1.165) is 5.75 Å². The van der Waals surface area contributed by atoms with E-state index in [0.29, 0.717) is 15.6 Å². The van der Waals surface area contributed by atoms with Crippen LogP contribution in [-0.2, 0) is 11.5 Å². The summed E-state index contributed by atoms with van der Waals surface area (Å²) in [6.45, 7) is 0.844. The smallest absolute Gasteiger partial charge is 0.284 e. The summed E-state index contributed by atoms with van der Waals surface area (Å²) in [6.07, 6.45) is 10.8. The first kappa shape index (κ1) is 16.2. The van der Waals surface area contributed by atoms with Crippen molar-refractivity contribution in [2.24, 2.45) is 0 Å². The van der Waals surface area contributed by atoms with Crippen LogP contribution in [0.15, 0.2) is 19.9 Å². The number of hydrogen-bond donors (Lipinski definition) is 1. The lowest BCUT2D eigenvalue weighted by Crippen LogP contribution is -2.26. The Morgan fingerprint density at radius 2 is 1.94 bits per heavy atom. The topological polar surface area (TPSA) is 44.1 Å². The Hall–Kier alpha value is 0.150. The molecule has 0 aromatic carbocycles. The third kappa shape index (κ3) is 5.42. The number of ether oxygens (including phenoxy) is 1. The molecule has 0 fully saturated rings. The van der Waals surface area contributed by atoms with Crippen LogP contribution in [0.5, 0.6) is 0 Å². The largest absolute Gasteiger partial charge is 0.358 e. The van der Waals surface area contributed by atoms with Gasteiger partial charge in [-0.25, -0.2) is 4.68 Å². The van der Waals surface area contributed by atoms with E-state index < -0.39 is 9.16 Å². The molecule has 0 aliphatic heterocycles. The number of rotatable bonds is 5. The highest BCUT2D eigenvalue weighted by Gasteiger charge is 2.18. The fourth-order valence-electron chi connectivity index (χ4n) is 1.12. The van der Waals surface area contributed by atoms with Crippen molar-refractivity contribution >= 4 is 41.0 Å². The second-order valence-corrected chi connectivity index (χ2v) is 16.3. The average Bonchev–Trinajstić information content (AvgIpc) is 2.21. The molecule has 0 atom stereocenters. The standard InChI is InChI=1S/C11H20Br2N2O2S/c1-18(2,3,4)6-5-17-8-15-11(16)10(13)9(12)7-14-15/h7,18H,5-6,8H2,1-4H3. The summed E-state index contributed by atoms with van der Waals surface area (Å²) in [5, 5.41) is 4.00. The van der Waals surface area contributed by atoms with Gasteiger partial charge in [0.2, 0.25) is 0 Å². The zero-order valence-corrected chi connectivity index (χ0v) is 15.2. The van der Waals surface area contributed by atoms with Crippen molar-refractivity contribution in [1.29, 1.82) is 0 Å². The first-order valence-electron chi connectivity index (χ1n) is 5.55. The van der Waals surface area contributed by atoms with Crippen molar-refractivity contribution < 1.29 is 4.74 Å². The zero-order chi connectivity index (χ0) is 14.0. The lowest BCUT2D eigenvalue weighted by Gasteiger charge is -2.46. The molecular weight excluding hydrogens is 384 g/mol. The summed E-state index contributed by atoms with van der Waals surface area (Å²) < 4.78 is 7.96. The molecule has 106 valence electrons. The highest BCUT2D eigenvalue weighted by Crippen LogP contribution is 2.54. The van der Waals surface area contributed by atoms with Crippen LogP contribution in [-0.4, -0.2) is 47.2 Å². The van der Waals surface area contributed by atoms with Crippen LogP contribution in [0.25, 0.3) is 0 Å². The third-order valence-corrected chi connectivity index (χ3v) is 6.16.